The molecule has 1 aromatic rings. The molecule has 3 N–H and O–H groups in total. The molecule has 0 aromatic carbocycles. The average Bonchev–Trinajstić information content (AvgIpc) is 3.06. The summed E-state index contributed by atoms with van der Waals surface area (Å²) < 4.78 is 0. The zero-order valence-corrected chi connectivity index (χ0v) is 16.1. The number of piperazine rings is 1. The van der Waals surface area contributed by atoms with E-state index < -0.39 is 6.04 Å². The first-order valence-corrected chi connectivity index (χ1v) is 9.75. The summed E-state index contributed by atoms with van der Waals surface area (Å²) in [5.74, 6) is -0.263. The maximum Gasteiger partial charge on any atom is 0.242 e. The molecule has 25 heavy (non-hydrogen) atoms. The van der Waals surface area contributed by atoms with Gasteiger partial charge < -0.3 is 16.0 Å². The van der Waals surface area contributed by atoms with Gasteiger partial charge in [0.25, 0.3) is 0 Å². The quantitative estimate of drug-likeness (QED) is 0.730. The second-order valence-electron chi connectivity index (χ2n) is 6.73. The van der Waals surface area contributed by atoms with E-state index in [0.717, 1.165) is 31.7 Å². The van der Waals surface area contributed by atoms with E-state index in [9.17, 15) is 9.59 Å². The molecule has 1 fully saturated rings. The van der Waals surface area contributed by atoms with Gasteiger partial charge in [-0.2, -0.15) is 0 Å². The summed E-state index contributed by atoms with van der Waals surface area (Å²) in [6.07, 6.45) is 0.971. The molecule has 0 spiro atoms. The Kier molecular flexibility index (Phi) is 7.34. The van der Waals surface area contributed by atoms with Crippen LogP contribution in [-0.2, 0) is 22.6 Å². The molecule has 0 aliphatic carbocycles. The number of hydrogen-bond donors (Lipinski definition) is 2. The van der Waals surface area contributed by atoms with E-state index in [1.165, 1.54) is 5.01 Å². The van der Waals surface area contributed by atoms with E-state index in [4.69, 9.17) is 5.73 Å². The SMILES string of the molecule is CCc1nc(CN2CCN(C(=O)CNC(=O)[C@@H](N)C(C)C)CC2)cs1. The van der Waals surface area contributed by atoms with Crippen LogP contribution in [-0.4, -0.2) is 65.4 Å². The van der Waals surface area contributed by atoms with Gasteiger partial charge in [-0.05, 0) is 12.3 Å². The van der Waals surface area contributed by atoms with Gasteiger partial charge in [0.15, 0.2) is 0 Å². The Balaban J connectivity index is 1.72. The topological polar surface area (TPSA) is 91.6 Å². The Hall–Kier alpha value is -1.51. The second-order valence-corrected chi connectivity index (χ2v) is 7.67. The number of thiazole rings is 1. The number of amides is 2. The lowest BCUT2D eigenvalue weighted by Crippen LogP contribution is -2.52. The molecule has 0 bridgehead atoms. The van der Waals surface area contributed by atoms with Crippen LogP contribution < -0.4 is 11.1 Å². The van der Waals surface area contributed by atoms with Crippen LogP contribution >= 0.6 is 11.3 Å². The fourth-order valence-electron chi connectivity index (χ4n) is 2.66. The Morgan fingerprint density at radius 2 is 2.00 bits per heavy atom. The van der Waals surface area contributed by atoms with E-state index in [0.29, 0.717) is 13.1 Å². The molecule has 1 aromatic heterocycles. The highest BCUT2D eigenvalue weighted by atomic mass is 32.1. The summed E-state index contributed by atoms with van der Waals surface area (Å²) in [4.78, 5) is 32.8. The smallest absolute Gasteiger partial charge is 0.242 e. The van der Waals surface area contributed by atoms with Gasteiger partial charge in [-0.15, -0.1) is 11.3 Å². The molecule has 140 valence electrons. The Morgan fingerprint density at radius 3 is 2.56 bits per heavy atom. The number of rotatable bonds is 7. The van der Waals surface area contributed by atoms with Crippen molar-refractivity contribution < 1.29 is 9.59 Å². The molecule has 8 heteroatoms. The van der Waals surface area contributed by atoms with Crippen molar-refractivity contribution in [3.05, 3.63) is 16.1 Å². The van der Waals surface area contributed by atoms with Crippen molar-refractivity contribution >= 4 is 23.2 Å². The molecular formula is C17H29N5O2S. The number of aromatic nitrogens is 1. The number of nitrogens with one attached hydrogen (secondary N) is 1. The molecule has 1 atom stereocenters. The van der Waals surface area contributed by atoms with Gasteiger partial charge >= 0.3 is 0 Å². The van der Waals surface area contributed by atoms with E-state index >= 15 is 0 Å². The van der Waals surface area contributed by atoms with Crippen molar-refractivity contribution in [2.24, 2.45) is 11.7 Å². The van der Waals surface area contributed by atoms with Crippen LogP contribution in [0.2, 0.25) is 0 Å². The van der Waals surface area contributed by atoms with Gasteiger partial charge in [0.05, 0.1) is 23.3 Å². The molecule has 0 unspecified atom stereocenters. The summed E-state index contributed by atoms with van der Waals surface area (Å²) >= 11 is 1.70. The predicted molar refractivity (Wildman–Crippen MR) is 99.2 cm³/mol. The van der Waals surface area contributed by atoms with Gasteiger partial charge in [0, 0.05) is 38.1 Å². The molecule has 0 radical (unpaired) electrons. The summed E-state index contributed by atoms with van der Waals surface area (Å²) in [5, 5.41) is 5.92. The molecular weight excluding hydrogens is 338 g/mol. The number of nitrogens with zero attached hydrogens (tertiary/aromatic N) is 3. The molecule has 2 rings (SSSR count). The predicted octanol–water partition coefficient (Wildman–Crippen LogP) is 0.449. The summed E-state index contributed by atoms with van der Waals surface area (Å²) in [6.45, 7) is 9.73. The van der Waals surface area contributed by atoms with Gasteiger partial charge in [0.2, 0.25) is 11.8 Å². The summed E-state index contributed by atoms with van der Waals surface area (Å²) in [5.41, 5.74) is 6.89. The normalized spacial score (nSPS) is 16.9. The van der Waals surface area contributed by atoms with Crippen molar-refractivity contribution in [3.8, 4) is 0 Å². The van der Waals surface area contributed by atoms with Crippen LogP contribution in [0, 0.1) is 5.92 Å². The van der Waals surface area contributed by atoms with E-state index in [2.05, 4.69) is 27.5 Å². The number of carbonyl (C=O) groups is 2. The van der Waals surface area contributed by atoms with Crippen molar-refractivity contribution in [1.82, 2.24) is 20.1 Å². The molecule has 1 aliphatic heterocycles. The van der Waals surface area contributed by atoms with Crippen molar-refractivity contribution in [2.75, 3.05) is 32.7 Å². The highest BCUT2D eigenvalue weighted by Gasteiger charge is 2.23. The zero-order valence-electron chi connectivity index (χ0n) is 15.3. The molecule has 2 heterocycles. The third kappa shape index (κ3) is 5.76. The minimum atomic E-state index is -0.573. The van der Waals surface area contributed by atoms with Gasteiger partial charge in [-0.25, -0.2) is 4.98 Å². The van der Waals surface area contributed by atoms with Crippen LogP contribution in [0.4, 0.5) is 0 Å². The monoisotopic (exact) mass is 367 g/mol. The molecule has 7 nitrogen and oxygen atoms in total. The molecule has 1 aliphatic rings. The first kappa shape index (κ1) is 19.8. The number of aryl methyl sites for hydroxylation is 1. The van der Waals surface area contributed by atoms with Crippen molar-refractivity contribution in [3.63, 3.8) is 0 Å². The molecule has 0 saturated carbocycles. The fourth-order valence-corrected chi connectivity index (χ4v) is 3.40. The summed E-state index contributed by atoms with van der Waals surface area (Å²) in [6, 6.07) is -0.573. The second kappa shape index (κ2) is 9.26. The Labute approximate surface area is 153 Å². The number of nitrogens with two attached hydrogens (primary N) is 1. The minimum absolute atomic E-state index is 0.0190. The van der Waals surface area contributed by atoms with Gasteiger partial charge in [-0.3, -0.25) is 14.5 Å². The van der Waals surface area contributed by atoms with E-state index in [1.807, 2.05) is 13.8 Å². The summed E-state index contributed by atoms with van der Waals surface area (Å²) in [7, 11) is 0. The van der Waals surface area contributed by atoms with Crippen LogP contribution in [0.5, 0.6) is 0 Å². The van der Waals surface area contributed by atoms with Gasteiger partial charge in [0.1, 0.15) is 0 Å². The third-order valence-electron chi connectivity index (χ3n) is 4.45. The Bertz CT molecular complexity index is 581. The van der Waals surface area contributed by atoms with Gasteiger partial charge in [-0.1, -0.05) is 20.8 Å². The number of hydrogen-bond acceptors (Lipinski definition) is 6. The maximum atomic E-state index is 12.2. The fraction of sp³-hybridized carbons (Fsp3) is 0.706. The largest absolute Gasteiger partial charge is 0.346 e. The van der Waals surface area contributed by atoms with E-state index in [1.54, 1.807) is 16.2 Å². The lowest BCUT2D eigenvalue weighted by atomic mass is 10.1. The van der Waals surface area contributed by atoms with Crippen LogP contribution in [0.1, 0.15) is 31.5 Å². The minimum Gasteiger partial charge on any atom is -0.346 e. The maximum absolute atomic E-state index is 12.2. The molecule has 1 saturated heterocycles. The zero-order chi connectivity index (χ0) is 18.4. The van der Waals surface area contributed by atoms with Crippen LogP contribution in [0.25, 0.3) is 0 Å². The highest BCUT2D eigenvalue weighted by molar-refractivity contribution is 7.09. The average molecular weight is 368 g/mol. The Morgan fingerprint density at radius 1 is 1.32 bits per heavy atom. The lowest BCUT2D eigenvalue weighted by Gasteiger charge is -2.34. The standard InChI is InChI=1S/C17H29N5O2S/c1-4-14-20-13(11-25-14)10-21-5-7-22(8-6-21)15(23)9-19-17(24)16(18)12(2)3/h11-12,16H,4-10,18H2,1-3H3,(H,19,24)/t16-/m0/s1. The first-order valence-electron chi connectivity index (χ1n) is 8.87. The first-order chi connectivity index (χ1) is 11.9. The van der Waals surface area contributed by atoms with Crippen LogP contribution in [0.3, 0.4) is 0 Å². The number of carbonyl (C=O) groups excluding carboxylic acids is 2. The van der Waals surface area contributed by atoms with Crippen molar-refractivity contribution in [1.29, 1.82) is 0 Å². The lowest BCUT2D eigenvalue weighted by molar-refractivity contribution is -0.134. The van der Waals surface area contributed by atoms with Crippen molar-refractivity contribution in [2.45, 2.75) is 39.8 Å². The third-order valence-corrected chi connectivity index (χ3v) is 5.49. The molecule has 2 amide bonds. The highest BCUT2D eigenvalue weighted by Crippen LogP contribution is 2.13. The van der Waals surface area contributed by atoms with Crippen LogP contribution in [0.15, 0.2) is 5.38 Å². The van der Waals surface area contributed by atoms with E-state index in [-0.39, 0.29) is 24.3 Å².